The standard InChI is InChI=1S/C25H26F3N5O3/c1-2-36-21(34)15-30-24(35)33-12-10-17(11-13-33)31-23-18-8-9-20(25(26,27)28)32-22(18)19(14-29-23)16-6-4-3-5-7-16/h3-9,14,17H,2,10-13,15H2,1H3,(H,29,31)(H,30,35). The molecule has 0 radical (unpaired) electrons. The highest BCUT2D eigenvalue weighted by Gasteiger charge is 2.33. The van der Waals surface area contributed by atoms with Gasteiger partial charge in [-0.05, 0) is 37.5 Å². The molecule has 1 aliphatic rings. The van der Waals surface area contributed by atoms with Gasteiger partial charge in [-0.25, -0.2) is 14.8 Å². The first kappa shape index (κ1) is 25.2. The number of alkyl halides is 3. The lowest BCUT2D eigenvalue weighted by molar-refractivity contribution is -0.142. The van der Waals surface area contributed by atoms with Crippen LogP contribution in [0.1, 0.15) is 25.5 Å². The fourth-order valence-electron chi connectivity index (χ4n) is 4.11. The number of hydrogen-bond acceptors (Lipinski definition) is 6. The quantitative estimate of drug-likeness (QED) is 0.484. The van der Waals surface area contributed by atoms with Gasteiger partial charge in [0.1, 0.15) is 18.1 Å². The van der Waals surface area contributed by atoms with Crippen molar-refractivity contribution in [3.8, 4) is 11.1 Å². The Bertz CT molecular complexity index is 1230. The molecular weight excluding hydrogens is 475 g/mol. The number of nitrogens with one attached hydrogen (secondary N) is 2. The molecule has 2 aromatic heterocycles. The molecule has 1 aliphatic heterocycles. The number of carbonyl (C=O) groups is 2. The number of ether oxygens (including phenoxy) is 1. The number of aromatic nitrogens is 2. The first-order valence-electron chi connectivity index (χ1n) is 11.6. The Labute approximate surface area is 205 Å². The van der Waals surface area contributed by atoms with Gasteiger partial charge in [-0.3, -0.25) is 4.79 Å². The fourth-order valence-corrected chi connectivity index (χ4v) is 4.11. The Morgan fingerprint density at radius 3 is 2.50 bits per heavy atom. The van der Waals surface area contributed by atoms with Gasteiger partial charge >= 0.3 is 18.2 Å². The Balaban J connectivity index is 1.50. The largest absolute Gasteiger partial charge is 0.465 e. The molecule has 1 saturated heterocycles. The summed E-state index contributed by atoms with van der Waals surface area (Å²) in [6.07, 6.45) is -1.83. The van der Waals surface area contributed by atoms with Gasteiger partial charge in [-0.1, -0.05) is 30.3 Å². The molecule has 190 valence electrons. The van der Waals surface area contributed by atoms with Crippen molar-refractivity contribution in [3.05, 3.63) is 54.4 Å². The van der Waals surface area contributed by atoms with Crippen LogP contribution >= 0.6 is 0 Å². The van der Waals surface area contributed by atoms with E-state index in [9.17, 15) is 22.8 Å². The molecular formula is C25H26F3N5O3. The number of nitrogens with zero attached hydrogens (tertiary/aromatic N) is 3. The second-order valence-corrected chi connectivity index (χ2v) is 8.35. The number of urea groups is 1. The molecule has 2 N–H and O–H groups in total. The molecule has 1 aromatic carbocycles. The molecule has 0 saturated carbocycles. The fraction of sp³-hybridized carbons (Fsp3) is 0.360. The van der Waals surface area contributed by atoms with Crippen LogP contribution in [-0.2, 0) is 15.7 Å². The summed E-state index contributed by atoms with van der Waals surface area (Å²) in [6.45, 7) is 2.64. The second kappa shape index (κ2) is 10.8. The predicted molar refractivity (Wildman–Crippen MR) is 128 cm³/mol. The Kier molecular flexibility index (Phi) is 7.56. The monoisotopic (exact) mass is 501 g/mol. The van der Waals surface area contributed by atoms with E-state index in [0.717, 1.165) is 11.6 Å². The lowest BCUT2D eigenvalue weighted by Gasteiger charge is -2.32. The number of amides is 2. The van der Waals surface area contributed by atoms with Gasteiger partial charge in [0.15, 0.2) is 0 Å². The molecule has 11 heteroatoms. The van der Waals surface area contributed by atoms with Crippen molar-refractivity contribution in [1.29, 1.82) is 0 Å². The number of anilines is 1. The number of carbonyl (C=O) groups excluding carboxylic acids is 2. The van der Waals surface area contributed by atoms with Crippen molar-refractivity contribution in [3.63, 3.8) is 0 Å². The molecule has 3 heterocycles. The third-order valence-corrected chi connectivity index (χ3v) is 5.92. The molecule has 36 heavy (non-hydrogen) atoms. The summed E-state index contributed by atoms with van der Waals surface area (Å²) in [6, 6.07) is 11.0. The summed E-state index contributed by atoms with van der Waals surface area (Å²) in [5, 5.41) is 6.35. The van der Waals surface area contributed by atoms with Crippen LogP contribution in [0, 0.1) is 0 Å². The van der Waals surface area contributed by atoms with Crippen molar-refractivity contribution in [2.75, 3.05) is 31.6 Å². The number of fused-ring (bicyclic) bond motifs is 1. The smallest absolute Gasteiger partial charge is 0.433 e. The zero-order chi connectivity index (χ0) is 25.7. The van der Waals surface area contributed by atoms with Crippen molar-refractivity contribution >= 4 is 28.7 Å². The van der Waals surface area contributed by atoms with Crippen LogP contribution in [0.3, 0.4) is 0 Å². The minimum Gasteiger partial charge on any atom is -0.465 e. The predicted octanol–water partition coefficient (Wildman–Crippen LogP) is 4.46. The molecule has 0 aliphatic carbocycles. The third kappa shape index (κ3) is 5.84. The zero-order valence-corrected chi connectivity index (χ0v) is 19.6. The van der Waals surface area contributed by atoms with Gasteiger partial charge in [-0.2, -0.15) is 13.2 Å². The number of halogens is 3. The SMILES string of the molecule is CCOC(=O)CNC(=O)N1CCC(Nc2ncc(-c3ccccc3)c3nc(C(F)(F)F)ccc23)CC1. The van der Waals surface area contributed by atoms with E-state index < -0.39 is 17.8 Å². The van der Waals surface area contributed by atoms with Crippen LogP contribution in [0.2, 0.25) is 0 Å². The van der Waals surface area contributed by atoms with E-state index in [1.807, 2.05) is 6.07 Å². The average Bonchev–Trinajstić information content (AvgIpc) is 2.88. The van der Waals surface area contributed by atoms with E-state index in [1.165, 1.54) is 12.3 Å². The molecule has 0 atom stereocenters. The summed E-state index contributed by atoms with van der Waals surface area (Å²) in [7, 11) is 0. The molecule has 1 fully saturated rings. The minimum absolute atomic E-state index is 0.0420. The molecule has 3 aromatic rings. The summed E-state index contributed by atoms with van der Waals surface area (Å²) >= 11 is 0. The Morgan fingerprint density at radius 2 is 1.83 bits per heavy atom. The molecule has 0 bridgehead atoms. The van der Waals surface area contributed by atoms with E-state index >= 15 is 0 Å². The molecule has 4 rings (SSSR count). The number of hydrogen-bond donors (Lipinski definition) is 2. The van der Waals surface area contributed by atoms with Crippen LogP contribution in [0.15, 0.2) is 48.7 Å². The highest BCUT2D eigenvalue weighted by atomic mass is 19.4. The van der Waals surface area contributed by atoms with Crippen molar-refractivity contribution in [1.82, 2.24) is 20.2 Å². The average molecular weight is 502 g/mol. The van der Waals surface area contributed by atoms with Crippen LogP contribution in [0.4, 0.5) is 23.8 Å². The number of benzene rings is 1. The highest BCUT2D eigenvalue weighted by Crippen LogP contribution is 2.35. The van der Waals surface area contributed by atoms with E-state index in [0.29, 0.717) is 42.7 Å². The number of pyridine rings is 2. The number of esters is 1. The molecule has 0 unspecified atom stereocenters. The summed E-state index contributed by atoms with van der Waals surface area (Å²) in [4.78, 5) is 33.8. The molecule has 2 amide bonds. The Hall–Kier alpha value is -3.89. The maximum absolute atomic E-state index is 13.4. The highest BCUT2D eigenvalue weighted by molar-refractivity contribution is 5.99. The van der Waals surface area contributed by atoms with Crippen molar-refractivity contribution in [2.24, 2.45) is 0 Å². The van der Waals surface area contributed by atoms with Gasteiger partial charge in [0.05, 0.1) is 12.1 Å². The van der Waals surface area contributed by atoms with E-state index in [4.69, 9.17) is 4.74 Å². The minimum atomic E-state index is -4.57. The van der Waals surface area contributed by atoms with Gasteiger partial charge in [0, 0.05) is 36.3 Å². The topological polar surface area (TPSA) is 96.5 Å². The summed E-state index contributed by atoms with van der Waals surface area (Å²) in [5.74, 6) is -0.0577. The molecule has 8 nitrogen and oxygen atoms in total. The van der Waals surface area contributed by atoms with Crippen LogP contribution in [0.25, 0.3) is 22.0 Å². The summed E-state index contributed by atoms with van der Waals surface area (Å²) < 4.78 is 45.0. The second-order valence-electron chi connectivity index (χ2n) is 8.35. The van der Waals surface area contributed by atoms with Crippen molar-refractivity contribution < 1.29 is 27.5 Å². The maximum atomic E-state index is 13.4. The van der Waals surface area contributed by atoms with Crippen LogP contribution in [0.5, 0.6) is 0 Å². The normalized spacial score (nSPS) is 14.5. The maximum Gasteiger partial charge on any atom is 0.433 e. The first-order valence-corrected chi connectivity index (χ1v) is 11.6. The number of likely N-dealkylation sites (tertiary alicyclic amines) is 1. The van der Waals surface area contributed by atoms with Gasteiger partial charge in [-0.15, -0.1) is 0 Å². The summed E-state index contributed by atoms with van der Waals surface area (Å²) in [5.41, 5.74) is 0.474. The lowest BCUT2D eigenvalue weighted by Crippen LogP contribution is -2.48. The van der Waals surface area contributed by atoms with E-state index in [2.05, 4.69) is 20.6 Å². The van der Waals surface area contributed by atoms with E-state index in [1.54, 1.807) is 36.1 Å². The van der Waals surface area contributed by atoms with Gasteiger partial charge in [0.25, 0.3) is 0 Å². The van der Waals surface area contributed by atoms with Crippen LogP contribution in [-0.4, -0.2) is 59.2 Å². The van der Waals surface area contributed by atoms with Gasteiger partial charge < -0.3 is 20.3 Å². The molecule has 0 spiro atoms. The number of rotatable bonds is 6. The van der Waals surface area contributed by atoms with Crippen LogP contribution < -0.4 is 10.6 Å². The lowest BCUT2D eigenvalue weighted by atomic mass is 10.0. The Morgan fingerprint density at radius 1 is 1.11 bits per heavy atom. The third-order valence-electron chi connectivity index (χ3n) is 5.92. The first-order chi connectivity index (χ1) is 17.3. The van der Waals surface area contributed by atoms with Gasteiger partial charge in [0.2, 0.25) is 0 Å². The zero-order valence-electron chi connectivity index (χ0n) is 19.6. The number of piperidine rings is 1. The van der Waals surface area contributed by atoms with E-state index in [-0.39, 0.29) is 30.7 Å². The van der Waals surface area contributed by atoms with Crippen molar-refractivity contribution in [2.45, 2.75) is 32.0 Å².